The van der Waals surface area contributed by atoms with Gasteiger partial charge in [-0.05, 0) is 30.7 Å². The third-order valence-corrected chi connectivity index (χ3v) is 5.87. The first-order chi connectivity index (χ1) is 17.6. The van der Waals surface area contributed by atoms with Crippen molar-refractivity contribution in [2.45, 2.75) is 33.1 Å². The first-order valence-electron chi connectivity index (χ1n) is 12.0. The molecule has 0 aliphatic heterocycles. The first-order valence-corrected chi connectivity index (χ1v) is 12.0. The highest BCUT2D eigenvalue weighted by atomic mass is 16.5. The Morgan fingerprint density at radius 3 is 2.22 bits per heavy atom. The molecule has 1 N–H and O–H groups in total. The summed E-state index contributed by atoms with van der Waals surface area (Å²) < 4.78 is 17.5. The molecule has 0 aliphatic carbocycles. The molecule has 1 heterocycles. The molecule has 198 valence electrons. The molecule has 37 heavy (non-hydrogen) atoms. The van der Waals surface area contributed by atoms with Crippen molar-refractivity contribution in [2.24, 2.45) is 0 Å². The lowest BCUT2D eigenvalue weighted by Gasteiger charge is -2.22. The Bertz CT molecular complexity index is 1220. The van der Waals surface area contributed by atoms with Crippen molar-refractivity contribution in [1.29, 1.82) is 0 Å². The van der Waals surface area contributed by atoms with E-state index < -0.39 is 0 Å². The van der Waals surface area contributed by atoms with Gasteiger partial charge in [0.2, 0.25) is 5.91 Å². The summed E-state index contributed by atoms with van der Waals surface area (Å²) in [5.41, 5.74) is 2.84. The van der Waals surface area contributed by atoms with Crippen molar-refractivity contribution >= 4 is 17.6 Å². The van der Waals surface area contributed by atoms with Gasteiger partial charge in [0, 0.05) is 36.8 Å². The van der Waals surface area contributed by atoms with Crippen LogP contribution in [0.2, 0.25) is 0 Å². The fourth-order valence-corrected chi connectivity index (χ4v) is 3.74. The highest BCUT2D eigenvalue weighted by molar-refractivity contribution is 5.99. The molecule has 0 atom stereocenters. The number of hydrogen-bond acceptors (Lipinski definition) is 6. The number of methoxy groups -OCH3 is 3. The number of amides is 2. The Morgan fingerprint density at radius 1 is 1.00 bits per heavy atom. The van der Waals surface area contributed by atoms with Gasteiger partial charge in [-0.15, -0.1) is 0 Å². The quantitative estimate of drug-likeness (QED) is 0.441. The van der Waals surface area contributed by atoms with Crippen molar-refractivity contribution in [2.75, 3.05) is 46.3 Å². The predicted octanol–water partition coefficient (Wildman–Crippen LogP) is 4.22. The highest BCUT2D eigenvalue weighted by Gasteiger charge is 2.24. The SMILES string of the molecule is COCCN(CC(=O)Nc1cc(C(C)(C)C)nn1-c1ccccc1C)C(=O)c1cc(OC)cc(OC)c1. The van der Waals surface area contributed by atoms with Crippen LogP contribution >= 0.6 is 0 Å². The van der Waals surface area contributed by atoms with Crippen LogP contribution in [0.1, 0.15) is 42.4 Å². The molecule has 3 aromatic rings. The Labute approximate surface area is 218 Å². The molecule has 2 aromatic carbocycles. The number of nitrogens with zero attached hydrogens (tertiary/aromatic N) is 3. The average molecular weight is 509 g/mol. The maximum Gasteiger partial charge on any atom is 0.254 e. The fraction of sp³-hybridized carbons (Fsp3) is 0.393. The van der Waals surface area contributed by atoms with E-state index in [1.165, 1.54) is 19.1 Å². The minimum absolute atomic E-state index is 0.175. The first kappa shape index (κ1) is 27.7. The summed E-state index contributed by atoms with van der Waals surface area (Å²) >= 11 is 0. The van der Waals surface area contributed by atoms with Crippen molar-refractivity contribution in [3.05, 3.63) is 65.4 Å². The van der Waals surface area contributed by atoms with E-state index in [0.717, 1.165) is 16.9 Å². The van der Waals surface area contributed by atoms with E-state index in [1.54, 1.807) is 30.0 Å². The van der Waals surface area contributed by atoms with Crippen LogP contribution in [0.15, 0.2) is 48.5 Å². The molecule has 9 heteroatoms. The van der Waals surface area contributed by atoms with Gasteiger partial charge < -0.3 is 24.4 Å². The van der Waals surface area contributed by atoms with Crippen molar-refractivity contribution in [1.82, 2.24) is 14.7 Å². The topological polar surface area (TPSA) is 94.9 Å². The number of carbonyl (C=O) groups is 2. The largest absolute Gasteiger partial charge is 0.497 e. The van der Waals surface area contributed by atoms with Gasteiger partial charge in [0.25, 0.3) is 5.91 Å². The molecule has 0 saturated carbocycles. The molecular weight excluding hydrogens is 472 g/mol. The molecule has 1 aromatic heterocycles. The van der Waals surface area contributed by atoms with E-state index >= 15 is 0 Å². The lowest BCUT2D eigenvalue weighted by molar-refractivity contribution is -0.117. The molecule has 0 fully saturated rings. The second-order valence-corrected chi connectivity index (χ2v) is 9.73. The fourth-order valence-electron chi connectivity index (χ4n) is 3.74. The van der Waals surface area contributed by atoms with E-state index in [9.17, 15) is 9.59 Å². The lowest BCUT2D eigenvalue weighted by atomic mass is 9.92. The molecule has 0 radical (unpaired) electrons. The van der Waals surface area contributed by atoms with Crippen LogP contribution in [0.5, 0.6) is 11.5 Å². The number of ether oxygens (including phenoxy) is 3. The van der Waals surface area contributed by atoms with Crippen LogP contribution in [0.25, 0.3) is 5.69 Å². The number of nitrogens with one attached hydrogen (secondary N) is 1. The smallest absolute Gasteiger partial charge is 0.254 e. The molecule has 3 rings (SSSR count). The van der Waals surface area contributed by atoms with Gasteiger partial charge in [-0.2, -0.15) is 5.10 Å². The number of carbonyl (C=O) groups excluding carboxylic acids is 2. The summed E-state index contributed by atoms with van der Waals surface area (Å²) in [6.07, 6.45) is 0. The van der Waals surface area contributed by atoms with Gasteiger partial charge in [-0.1, -0.05) is 39.0 Å². The third-order valence-electron chi connectivity index (χ3n) is 5.87. The van der Waals surface area contributed by atoms with E-state index in [-0.39, 0.29) is 36.9 Å². The van der Waals surface area contributed by atoms with Crippen LogP contribution < -0.4 is 14.8 Å². The van der Waals surface area contributed by atoms with E-state index in [4.69, 9.17) is 19.3 Å². The monoisotopic (exact) mass is 508 g/mol. The zero-order valence-electron chi connectivity index (χ0n) is 22.6. The maximum atomic E-state index is 13.4. The van der Waals surface area contributed by atoms with Crippen molar-refractivity contribution in [3.8, 4) is 17.2 Å². The van der Waals surface area contributed by atoms with Crippen molar-refractivity contribution in [3.63, 3.8) is 0 Å². The van der Waals surface area contributed by atoms with Crippen LogP contribution in [0.4, 0.5) is 5.82 Å². The third kappa shape index (κ3) is 6.89. The molecule has 2 amide bonds. The van der Waals surface area contributed by atoms with Crippen LogP contribution in [-0.2, 0) is 14.9 Å². The summed E-state index contributed by atoms with van der Waals surface area (Å²) in [5.74, 6) is 0.805. The summed E-state index contributed by atoms with van der Waals surface area (Å²) in [6.45, 7) is 8.52. The number of anilines is 1. The minimum atomic E-state index is -0.352. The predicted molar refractivity (Wildman–Crippen MR) is 143 cm³/mol. The molecule has 0 unspecified atom stereocenters. The van der Waals surface area contributed by atoms with Gasteiger partial charge in [-0.3, -0.25) is 9.59 Å². The number of aryl methyl sites for hydroxylation is 1. The Hall–Kier alpha value is -3.85. The van der Waals surface area contributed by atoms with Gasteiger partial charge in [0.1, 0.15) is 23.9 Å². The maximum absolute atomic E-state index is 13.4. The van der Waals surface area contributed by atoms with Gasteiger partial charge in [0.15, 0.2) is 0 Å². The molecular formula is C28H36N4O5. The number of hydrogen-bond donors (Lipinski definition) is 1. The van der Waals surface area contributed by atoms with E-state index in [1.807, 2.05) is 37.3 Å². The van der Waals surface area contributed by atoms with Crippen LogP contribution in [-0.4, -0.2) is 67.5 Å². The van der Waals surface area contributed by atoms with Crippen molar-refractivity contribution < 1.29 is 23.8 Å². The van der Waals surface area contributed by atoms with Crippen LogP contribution in [0, 0.1) is 6.92 Å². The Balaban J connectivity index is 1.89. The molecule has 9 nitrogen and oxygen atoms in total. The highest BCUT2D eigenvalue weighted by Crippen LogP contribution is 2.28. The summed E-state index contributed by atoms with van der Waals surface area (Å²) in [7, 11) is 4.58. The normalized spacial score (nSPS) is 11.2. The molecule has 0 bridgehead atoms. The molecule has 0 spiro atoms. The standard InChI is InChI=1S/C28H36N4O5/c1-19-10-8-9-11-23(19)32-25(17-24(30-32)28(2,3)4)29-26(33)18-31(12-13-35-5)27(34)20-14-21(36-6)16-22(15-20)37-7/h8-11,14-17H,12-13,18H2,1-7H3,(H,29,33). The zero-order chi connectivity index (χ0) is 27.2. The van der Waals surface area contributed by atoms with E-state index in [0.29, 0.717) is 22.9 Å². The summed E-state index contributed by atoms with van der Waals surface area (Å²) in [6, 6.07) is 14.6. The molecule has 0 aliphatic rings. The van der Waals surface area contributed by atoms with Crippen LogP contribution in [0.3, 0.4) is 0 Å². The lowest BCUT2D eigenvalue weighted by Crippen LogP contribution is -2.40. The molecule has 0 saturated heterocycles. The summed E-state index contributed by atoms with van der Waals surface area (Å²) in [5, 5.41) is 7.75. The van der Waals surface area contributed by atoms with Gasteiger partial charge in [-0.25, -0.2) is 4.68 Å². The van der Waals surface area contributed by atoms with Gasteiger partial charge >= 0.3 is 0 Å². The second kappa shape index (κ2) is 11.9. The average Bonchev–Trinajstić information content (AvgIpc) is 3.29. The summed E-state index contributed by atoms with van der Waals surface area (Å²) in [4.78, 5) is 28.1. The number of para-hydroxylation sites is 1. The van der Waals surface area contributed by atoms with Gasteiger partial charge in [0.05, 0.1) is 32.2 Å². The minimum Gasteiger partial charge on any atom is -0.497 e. The Kier molecular flexibility index (Phi) is 8.94. The Morgan fingerprint density at radius 2 is 1.65 bits per heavy atom. The number of benzene rings is 2. The zero-order valence-corrected chi connectivity index (χ0v) is 22.6. The van der Waals surface area contributed by atoms with E-state index in [2.05, 4.69) is 26.1 Å². The number of rotatable bonds is 10. The second-order valence-electron chi connectivity index (χ2n) is 9.73. The number of aromatic nitrogens is 2.